The maximum atomic E-state index is 13.1. The molecule has 96 valence electrons. The highest BCUT2D eigenvalue weighted by Crippen LogP contribution is 2.12. The van der Waals surface area contributed by atoms with Crippen molar-refractivity contribution in [2.75, 3.05) is 6.61 Å². The number of benzene rings is 1. The van der Waals surface area contributed by atoms with Crippen LogP contribution in [0.4, 0.5) is 4.39 Å². The molecule has 0 aliphatic rings. The second-order valence-corrected chi connectivity index (χ2v) is 4.52. The van der Waals surface area contributed by atoms with Gasteiger partial charge in [-0.3, -0.25) is 11.3 Å². The van der Waals surface area contributed by atoms with E-state index < -0.39 is 0 Å². The predicted octanol–water partition coefficient (Wildman–Crippen LogP) is 1.93. The summed E-state index contributed by atoms with van der Waals surface area (Å²) in [7, 11) is 0. The van der Waals surface area contributed by atoms with Crippen molar-refractivity contribution in [3.8, 4) is 0 Å². The number of hydrazine groups is 1. The first-order valence-corrected chi connectivity index (χ1v) is 5.85. The Kier molecular flexibility index (Phi) is 5.55. The normalized spacial score (nSPS) is 13.1. The van der Waals surface area contributed by atoms with Crippen molar-refractivity contribution < 1.29 is 9.13 Å². The molecule has 0 amide bonds. The second-order valence-electron chi connectivity index (χ2n) is 4.52. The van der Waals surface area contributed by atoms with E-state index in [-0.39, 0.29) is 18.0 Å². The lowest BCUT2D eigenvalue weighted by molar-refractivity contribution is 0.0613. The highest BCUT2D eigenvalue weighted by molar-refractivity contribution is 5.27. The lowest BCUT2D eigenvalue weighted by Crippen LogP contribution is -2.41. The maximum Gasteiger partial charge on any atom is 0.123 e. The number of nitrogens with two attached hydrogens (primary N) is 1. The number of hydrogen-bond donors (Lipinski definition) is 2. The van der Waals surface area contributed by atoms with Gasteiger partial charge in [-0.2, -0.15) is 0 Å². The van der Waals surface area contributed by atoms with Gasteiger partial charge in [0.15, 0.2) is 0 Å². The average Bonchev–Trinajstić information content (AvgIpc) is 2.28. The molecule has 0 bridgehead atoms. The van der Waals surface area contributed by atoms with Crippen LogP contribution < -0.4 is 11.3 Å². The second kappa shape index (κ2) is 6.69. The van der Waals surface area contributed by atoms with Crippen molar-refractivity contribution >= 4 is 0 Å². The summed E-state index contributed by atoms with van der Waals surface area (Å²) in [4.78, 5) is 0. The topological polar surface area (TPSA) is 47.3 Å². The first kappa shape index (κ1) is 14.1. The number of rotatable bonds is 6. The summed E-state index contributed by atoms with van der Waals surface area (Å²) in [5.74, 6) is 5.25. The van der Waals surface area contributed by atoms with Gasteiger partial charge < -0.3 is 4.74 Å². The number of halogens is 1. The summed E-state index contributed by atoms with van der Waals surface area (Å²) in [6.45, 7) is 6.43. The Balaban J connectivity index is 2.63. The van der Waals surface area contributed by atoms with Crippen molar-refractivity contribution in [1.82, 2.24) is 5.43 Å². The van der Waals surface area contributed by atoms with E-state index in [1.54, 1.807) is 12.1 Å². The first-order chi connectivity index (χ1) is 8.02. The fourth-order valence-corrected chi connectivity index (χ4v) is 1.60. The highest BCUT2D eigenvalue weighted by atomic mass is 19.1. The van der Waals surface area contributed by atoms with Gasteiger partial charge in [0.05, 0.1) is 12.7 Å². The van der Waals surface area contributed by atoms with E-state index >= 15 is 0 Å². The first-order valence-electron chi connectivity index (χ1n) is 5.85. The summed E-state index contributed by atoms with van der Waals surface area (Å²) < 4.78 is 18.6. The Morgan fingerprint density at radius 1 is 1.41 bits per heavy atom. The zero-order valence-corrected chi connectivity index (χ0v) is 10.7. The van der Waals surface area contributed by atoms with Gasteiger partial charge in [0, 0.05) is 6.04 Å². The maximum absolute atomic E-state index is 13.1. The molecule has 3 N–H and O–H groups in total. The molecular formula is C13H21FN2O. The lowest BCUT2D eigenvalue weighted by Gasteiger charge is -2.18. The van der Waals surface area contributed by atoms with Crippen molar-refractivity contribution in [3.05, 3.63) is 35.1 Å². The quantitative estimate of drug-likeness (QED) is 0.590. The Hall–Kier alpha value is -0.970. The summed E-state index contributed by atoms with van der Waals surface area (Å²) in [6, 6.07) is 4.79. The van der Waals surface area contributed by atoms with Crippen LogP contribution >= 0.6 is 0 Å². The minimum absolute atomic E-state index is 0.00194. The van der Waals surface area contributed by atoms with Gasteiger partial charge in [-0.25, -0.2) is 4.39 Å². The molecule has 0 saturated carbocycles. The Labute approximate surface area is 102 Å². The zero-order chi connectivity index (χ0) is 12.8. The molecule has 0 aliphatic heterocycles. The Morgan fingerprint density at radius 2 is 2.12 bits per heavy atom. The Bertz CT molecular complexity index is 355. The van der Waals surface area contributed by atoms with Crippen LogP contribution in [-0.2, 0) is 11.2 Å². The lowest BCUT2D eigenvalue weighted by atomic mass is 10.0. The third-order valence-corrected chi connectivity index (χ3v) is 2.64. The van der Waals surface area contributed by atoms with Crippen molar-refractivity contribution in [2.24, 2.45) is 5.84 Å². The molecule has 0 saturated heterocycles. The SMILES string of the molecule is Cc1ccc(F)cc1CC(COC(C)C)NN. The largest absolute Gasteiger partial charge is 0.377 e. The van der Waals surface area contributed by atoms with Gasteiger partial charge in [-0.1, -0.05) is 6.07 Å². The summed E-state index contributed by atoms with van der Waals surface area (Å²) in [6.07, 6.45) is 0.826. The molecule has 1 atom stereocenters. The molecule has 1 aromatic rings. The summed E-state index contributed by atoms with van der Waals surface area (Å²) in [5, 5.41) is 0. The van der Waals surface area contributed by atoms with Gasteiger partial charge >= 0.3 is 0 Å². The van der Waals surface area contributed by atoms with Crippen molar-refractivity contribution in [1.29, 1.82) is 0 Å². The van der Waals surface area contributed by atoms with Gasteiger partial charge in [0.25, 0.3) is 0 Å². The van der Waals surface area contributed by atoms with Crippen molar-refractivity contribution in [2.45, 2.75) is 39.3 Å². The molecule has 17 heavy (non-hydrogen) atoms. The van der Waals surface area contributed by atoms with E-state index in [1.165, 1.54) is 6.07 Å². The molecule has 0 spiro atoms. The third-order valence-electron chi connectivity index (χ3n) is 2.64. The monoisotopic (exact) mass is 240 g/mol. The van der Waals surface area contributed by atoms with Gasteiger partial charge in [-0.15, -0.1) is 0 Å². The van der Waals surface area contributed by atoms with Crippen LogP contribution in [0.1, 0.15) is 25.0 Å². The third kappa shape index (κ3) is 4.81. The molecule has 4 heteroatoms. The minimum Gasteiger partial charge on any atom is -0.377 e. The van der Waals surface area contributed by atoms with E-state index in [2.05, 4.69) is 5.43 Å². The van der Waals surface area contributed by atoms with Crippen LogP contribution in [0.2, 0.25) is 0 Å². The molecule has 1 rings (SSSR count). The molecule has 0 radical (unpaired) electrons. The van der Waals surface area contributed by atoms with Crippen LogP contribution in [-0.4, -0.2) is 18.8 Å². The Morgan fingerprint density at radius 3 is 2.71 bits per heavy atom. The van der Waals surface area contributed by atoms with E-state index in [4.69, 9.17) is 10.6 Å². The van der Waals surface area contributed by atoms with Crippen LogP contribution in [0.5, 0.6) is 0 Å². The van der Waals surface area contributed by atoms with E-state index in [0.29, 0.717) is 13.0 Å². The molecule has 1 unspecified atom stereocenters. The van der Waals surface area contributed by atoms with Gasteiger partial charge in [-0.05, 0) is 50.5 Å². The smallest absolute Gasteiger partial charge is 0.123 e. The summed E-state index contributed by atoms with van der Waals surface area (Å²) in [5.41, 5.74) is 4.73. The van der Waals surface area contributed by atoms with Crippen LogP contribution in [0.25, 0.3) is 0 Å². The zero-order valence-electron chi connectivity index (χ0n) is 10.7. The number of hydrogen-bond acceptors (Lipinski definition) is 3. The molecule has 0 heterocycles. The van der Waals surface area contributed by atoms with Crippen LogP contribution in [0.3, 0.4) is 0 Å². The van der Waals surface area contributed by atoms with E-state index in [9.17, 15) is 4.39 Å². The van der Waals surface area contributed by atoms with Gasteiger partial charge in [0.2, 0.25) is 0 Å². The molecule has 3 nitrogen and oxygen atoms in total. The fraction of sp³-hybridized carbons (Fsp3) is 0.538. The standard InChI is InChI=1S/C13H21FN2O/c1-9(2)17-8-13(16-15)7-11-6-12(14)5-4-10(11)3/h4-6,9,13,16H,7-8,15H2,1-3H3. The number of ether oxygens (including phenoxy) is 1. The van der Waals surface area contributed by atoms with Crippen LogP contribution in [0, 0.1) is 12.7 Å². The summed E-state index contributed by atoms with van der Waals surface area (Å²) >= 11 is 0. The van der Waals surface area contributed by atoms with Crippen molar-refractivity contribution in [3.63, 3.8) is 0 Å². The molecule has 0 fully saturated rings. The number of aryl methyl sites for hydroxylation is 1. The molecule has 0 aromatic heterocycles. The molecule has 0 aliphatic carbocycles. The van der Waals surface area contributed by atoms with Gasteiger partial charge in [0.1, 0.15) is 5.82 Å². The van der Waals surface area contributed by atoms with Crippen LogP contribution in [0.15, 0.2) is 18.2 Å². The molecule has 1 aromatic carbocycles. The predicted molar refractivity (Wildman–Crippen MR) is 67.0 cm³/mol. The number of nitrogens with one attached hydrogen (secondary N) is 1. The fourth-order valence-electron chi connectivity index (χ4n) is 1.60. The highest BCUT2D eigenvalue weighted by Gasteiger charge is 2.11. The van der Waals surface area contributed by atoms with E-state index in [1.807, 2.05) is 20.8 Å². The average molecular weight is 240 g/mol. The minimum atomic E-state index is -0.217. The molecular weight excluding hydrogens is 219 g/mol. The van der Waals surface area contributed by atoms with E-state index in [0.717, 1.165) is 11.1 Å².